The number of hydrogen-bond donors (Lipinski definition) is 2. The van der Waals surface area contributed by atoms with E-state index in [-0.39, 0.29) is 0 Å². The van der Waals surface area contributed by atoms with E-state index in [2.05, 4.69) is 36.6 Å². The van der Waals surface area contributed by atoms with E-state index in [9.17, 15) is 0 Å². The fourth-order valence-electron chi connectivity index (χ4n) is 2.94. The van der Waals surface area contributed by atoms with E-state index in [0.29, 0.717) is 12.6 Å². The van der Waals surface area contributed by atoms with Crippen LogP contribution in [0.1, 0.15) is 25.3 Å². The van der Waals surface area contributed by atoms with Crippen molar-refractivity contribution in [2.45, 2.75) is 32.4 Å². The van der Waals surface area contributed by atoms with Gasteiger partial charge in [-0.1, -0.05) is 0 Å². The standard InChI is InChI=1S/C19H32N4O2/c1-6-20-19(22-13-17(23(2)3)14-7-8-14)21-12-15-9-10-16(24-4)11-18(15)25-5/h9-11,14,17H,6-8,12-13H2,1-5H3,(H2,20,21,22). The fourth-order valence-corrected chi connectivity index (χ4v) is 2.94. The Hall–Kier alpha value is -1.95. The summed E-state index contributed by atoms with van der Waals surface area (Å²) in [6.45, 7) is 4.37. The first kappa shape index (κ1) is 19.4. The molecule has 0 amide bonds. The summed E-state index contributed by atoms with van der Waals surface area (Å²) in [5.41, 5.74) is 1.03. The van der Waals surface area contributed by atoms with Crippen LogP contribution in [-0.2, 0) is 6.54 Å². The van der Waals surface area contributed by atoms with Gasteiger partial charge in [-0.25, -0.2) is 4.99 Å². The number of methoxy groups -OCH3 is 2. The van der Waals surface area contributed by atoms with E-state index in [4.69, 9.17) is 14.5 Å². The second-order valence-corrected chi connectivity index (χ2v) is 6.62. The molecule has 0 heterocycles. The van der Waals surface area contributed by atoms with Gasteiger partial charge in [0.25, 0.3) is 0 Å². The van der Waals surface area contributed by atoms with Crippen molar-refractivity contribution in [2.75, 3.05) is 41.4 Å². The molecular weight excluding hydrogens is 316 g/mol. The Balaban J connectivity index is 2.01. The number of nitrogens with one attached hydrogen (secondary N) is 2. The summed E-state index contributed by atoms with van der Waals surface area (Å²) >= 11 is 0. The number of guanidine groups is 1. The van der Waals surface area contributed by atoms with Gasteiger partial charge in [-0.2, -0.15) is 0 Å². The normalized spacial score (nSPS) is 15.8. The van der Waals surface area contributed by atoms with Crippen LogP contribution in [0.2, 0.25) is 0 Å². The third-order valence-corrected chi connectivity index (χ3v) is 4.55. The topological polar surface area (TPSA) is 58.1 Å². The maximum Gasteiger partial charge on any atom is 0.191 e. The van der Waals surface area contributed by atoms with Crippen molar-refractivity contribution in [3.8, 4) is 11.5 Å². The van der Waals surface area contributed by atoms with E-state index in [1.165, 1.54) is 12.8 Å². The van der Waals surface area contributed by atoms with E-state index in [0.717, 1.165) is 42.0 Å². The van der Waals surface area contributed by atoms with Crippen LogP contribution in [0, 0.1) is 5.92 Å². The molecule has 1 fully saturated rings. The average Bonchev–Trinajstić information content (AvgIpc) is 3.44. The molecule has 1 unspecified atom stereocenters. The molecule has 6 heteroatoms. The number of ether oxygens (including phenoxy) is 2. The average molecular weight is 348 g/mol. The predicted molar refractivity (Wildman–Crippen MR) is 103 cm³/mol. The van der Waals surface area contributed by atoms with Crippen molar-refractivity contribution >= 4 is 5.96 Å². The van der Waals surface area contributed by atoms with Gasteiger partial charge in [0.15, 0.2) is 5.96 Å². The van der Waals surface area contributed by atoms with Gasteiger partial charge in [-0.3, -0.25) is 0 Å². The fraction of sp³-hybridized carbons (Fsp3) is 0.632. The molecular formula is C19H32N4O2. The molecule has 0 aromatic heterocycles. The molecule has 25 heavy (non-hydrogen) atoms. The molecule has 0 bridgehead atoms. The third kappa shape index (κ3) is 5.81. The van der Waals surface area contributed by atoms with Gasteiger partial charge in [0.1, 0.15) is 11.5 Å². The van der Waals surface area contributed by atoms with Gasteiger partial charge in [0, 0.05) is 30.8 Å². The molecule has 0 spiro atoms. The van der Waals surface area contributed by atoms with Crippen molar-refractivity contribution in [1.29, 1.82) is 0 Å². The van der Waals surface area contributed by atoms with Crippen LogP contribution in [0.5, 0.6) is 11.5 Å². The van der Waals surface area contributed by atoms with Gasteiger partial charge in [-0.05, 0) is 51.9 Å². The molecule has 1 saturated carbocycles. The van der Waals surface area contributed by atoms with Gasteiger partial charge >= 0.3 is 0 Å². The van der Waals surface area contributed by atoms with Crippen molar-refractivity contribution < 1.29 is 9.47 Å². The molecule has 2 N–H and O–H groups in total. The summed E-state index contributed by atoms with van der Waals surface area (Å²) < 4.78 is 10.7. The highest BCUT2D eigenvalue weighted by Gasteiger charge is 2.32. The Morgan fingerprint density at radius 2 is 2.00 bits per heavy atom. The Bertz CT molecular complexity index is 569. The lowest BCUT2D eigenvalue weighted by Gasteiger charge is -2.25. The zero-order chi connectivity index (χ0) is 18.2. The Morgan fingerprint density at radius 1 is 1.24 bits per heavy atom. The Labute approximate surface area is 151 Å². The minimum atomic E-state index is 0.554. The monoisotopic (exact) mass is 348 g/mol. The zero-order valence-corrected chi connectivity index (χ0v) is 16.1. The summed E-state index contributed by atoms with van der Waals surface area (Å²) in [5.74, 6) is 3.23. The molecule has 6 nitrogen and oxygen atoms in total. The molecule has 2 rings (SSSR count). The molecule has 0 saturated heterocycles. The second-order valence-electron chi connectivity index (χ2n) is 6.62. The Morgan fingerprint density at radius 3 is 2.56 bits per heavy atom. The van der Waals surface area contributed by atoms with Crippen molar-refractivity contribution in [1.82, 2.24) is 15.5 Å². The molecule has 1 atom stereocenters. The van der Waals surface area contributed by atoms with Crippen molar-refractivity contribution in [3.05, 3.63) is 23.8 Å². The van der Waals surface area contributed by atoms with Gasteiger partial charge in [-0.15, -0.1) is 0 Å². The predicted octanol–water partition coefficient (Wildman–Crippen LogP) is 2.10. The molecule has 1 aromatic rings. The smallest absolute Gasteiger partial charge is 0.191 e. The number of hydrogen-bond acceptors (Lipinski definition) is 4. The zero-order valence-electron chi connectivity index (χ0n) is 16.1. The van der Waals surface area contributed by atoms with Crippen LogP contribution in [-0.4, -0.2) is 58.3 Å². The lowest BCUT2D eigenvalue weighted by atomic mass is 10.1. The van der Waals surface area contributed by atoms with E-state index in [1.54, 1.807) is 14.2 Å². The largest absolute Gasteiger partial charge is 0.497 e. The maximum absolute atomic E-state index is 5.45. The van der Waals surface area contributed by atoms with Gasteiger partial charge in [0.2, 0.25) is 0 Å². The first-order valence-electron chi connectivity index (χ1n) is 8.98. The number of nitrogens with zero attached hydrogens (tertiary/aromatic N) is 2. The summed E-state index contributed by atoms with van der Waals surface area (Å²) in [5, 5.41) is 6.81. The van der Waals surface area contributed by atoms with E-state index < -0.39 is 0 Å². The van der Waals surface area contributed by atoms with Crippen molar-refractivity contribution in [2.24, 2.45) is 10.9 Å². The number of aliphatic imine (C=N–C) groups is 1. The molecule has 1 aromatic carbocycles. The van der Waals surface area contributed by atoms with Crippen LogP contribution in [0.3, 0.4) is 0 Å². The number of rotatable bonds is 9. The summed E-state index contributed by atoms with van der Waals surface area (Å²) in [7, 11) is 7.62. The van der Waals surface area contributed by atoms with E-state index >= 15 is 0 Å². The summed E-state index contributed by atoms with van der Waals surface area (Å²) in [4.78, 5) is 7.02. The lowest BCUT2D eigenvalue weighted by Crippen LogP contribution is -2.46. The molecule has 1 aliphatic rings. The highest BCUT2D eigenvalue weighted by atomic mass is 16.5. The van der Waals surface area contributed by atoms with Crippen molar-refractivity contribution in [3.63, 3.8) is 0 Å². The highest BCUT2D eigenvalue weighted by Crippen LogP contribution is 2.34. The molecule has 140 valence electrons. The maximum atomic E-state index is 5.45. The van der Waals surface area contributed by atoms with Gasteiger partial charge in [0.05, 0.1) is 20.8 Å². The first-order valence-corrected chi connectivity index (χ1v) is 8.98. The lowest BCUT2D eigenvalue weighted by molar-refractivity contribution is 0.264. The highest BCUT2D eigenvalue weighted by molar-refractivity contribution is 5.79. The van der Waals surface area contributed by atoms with Gasteiger partial charge < -0.3 is 25.0 Å². The molecule has 1 aliphatic carbocycles. The van der Waals surface area contributed by atoms with Crippen LogP contribution in [0.15, 0.2) is 23.2 Å². The molecule has 0 radical (unpaired) electrons. The summed E-state index contributed by atoms with van der Waals surface area (Å²) in [6.07, 6.45) is 2.67. The van der Waals surface area contributed by atoms with Crippen LogP contribution < -0.4 is 20.1 Å². The SMILES string of the molecule is CCNC(=NCc1ccc(OC)cc1OC)NCC(C1CC1)N(C)C. The number of benzene rings is 1. The molecule has 0 aliphatic heterocycles. The van der Waals surface area contributed by atoms with Crippen LogP contribution >= 0.6 is 0 Å². The Kier molecular flexibility index (Phi) is 7.37. The summed E-state index contributed by atoms with van der Waals surface area (Å²) in [6, 6.07) is 6.38. The minimum absolute atomic E-state index is 0.554. The third-order valence-electron chi connectivity index (χ3n) is 4.55. The quantitative estimate of drug-likeness (QED) is 0.529. The number of likely N-dealkylation sites (N-methyl/N-ethyl adjacent to an activating group) is 1. The minimum Gasteiger partial charge on any atom is -0.497 e. The van der Waals surface area contributed by atoms with E-state index in [1.807, 2.05) is 18.2 Å². The first-order chi connectivity index (χ1) is 12.1. The second kappa shape index (κ2) is 9.51. The van der Waals surface area contributed by atoms with Crippen LogP contribution in [0.4, 0.5) is 0 Å². The van der Waals surface area contributed by atoms with Crippen LogP contribution in [0.25, 0.3) is 0 Å².